The number of rotatable bonds is 2. The first kappa shape index (κ1) is 5.76. The molecule has 0 saturated heterocycles. The van der Waals surface area contributed by atoms with Crippen LogP contribution in [0.1, 0.15) is 39.5 Å². The average molecular weight is 124 g/mol. The van der Waals surface area contributed by atoms with Gasteiger partial charge in [-0.25, -0.2) is 0 Å². The highest BCUT2D eigenvalue weighted by Crippen LogP contribution is 2.71. The van der Waals surface area contributed by atoms with E-state index in [2.05, 4.69) is 13.8 Å². The van der Waals surface area contributed by atoms with Gasteiger partial charge in [-0.3, -0.25) is 0 Å². The number of hydrogen-bond acceptors (Lipinski definition) is 0. The van der Waals surface area contributed by atoms with Gasteiger partial charge in [-0.15, -0.1) is 0 Å². The summed E-state index contributed by atoms with van der Waals surface area (Å²) in [6.07, 6.45) is 6.00. The summed E-state index contributed by atoms with van der Waals surface area (Å²) in [4.78, 5) is 0. The molecule has 0 aromatic carbocycles. The van der Waals surface area contributed by atoms with Crippen molar-refractivity contribution in [2.24, 2.45) is 17.3 Å². The summed E-state index contributed by atoms with van der Waals surface area (Å²) in [5.41, 5.74) is 0.861. The summed E-state index contributed by atoms with van der Waals surface area (Å²) in [5.74, 6) is 2.30. The van der Waals surface area contributed by atoms with Gasteiger partial charge in [0.1, 0.15) is 0 Å². The van der Waals surface area contributed by atoms with E-state index in [1.807, 2.05) is 0 Å². The van der Waals surface area contributed by atoms with Gasteiger partial charge >= 0.3 is 0 Å². The third-order valence-electron chi connectivity index (χ3n) is 3.38. The van der Waals surface area contributed by atoms with Crippen LogP contribution in [-0.4, -0.2) is 0 Å². The molecule has 0 bridgehead atoms. The van der Waals surface area contributed by atoms with Gasteiger partial charge in [0.2, 0.25) is 0 Å². The number of fused-ring (bicyclic) bond motifs is 1. The summed E-state index contributed by atoms with van der Waals surface area (Å²) in [7, 11) is 0. The molecule has 0 N–H and O–H groups in total. The van der Waals surface area contributed by atoms with Crippen LogP contribution in [0.25, 0.3) is 0 Å². The summed E-state index contributed by atoms with van der Waals surface area (Å²) < 4.78 is 0. The van der Waals surface area contributed by atoms with Crippen LogP contribution >= 0.6 is 0 Å². The maximum atomic E-state index is 2.45. The standard InChI is InChI=1S/C9H16/c1-3-4-7-5-9(2)6-8(7)9/h7-8H,3-6H2,1-2H3. The van der Waals surface area contributed by atoms with Gasteiger partial charge in [-0.1, -0.05) is 26.7 Å². The highest BCUT2D eigenvalue weighted by Gasteiger charge is 2.62. The van der Waals surface area contributed by atoms with Crippen molar-refractivity contribution in [2.75, 3.05) is 0 Å². The minimum atomic E-state index is 0.861. The van der Waals surface area contributed by atoms with Crippen LogP contribution < -0.4 is 0 Å². The van der Waals surface area contributed by atoms with Crippen molar-refractivity contribution in [3.8, 4) is 0 Å². The first-order valence-electron chi connectivity index (χ1n) is 4.26. The predicted octanol–water partition coefficient (Wildman–Crippen LogP) is 2.83. The van der Waals surface area contributed by atoms with Crippen molar-refractivity contribution >= 4 is 0 Å². The van der Waals surface area contributed by atoms with E-state index in [1.54, 1.807) is 12.8 Å². The van der Waals surface area contributed by atoms with E-state index < -0.39 is 0 Å². The van der Waals surface area contributed by atoms with E-state index in [4.69, 9.17) is 0 Å². The van der Waals surface area contributed by atoms with Crippen molar-refractivity contribution < 1.29 is 0 Å². The van der Waals surface area contributed by atoms with Crippen LogP contribution in [0, 0.1) is 17.3 Å². The maximum absolute atomic E-state index is 2.45. The van der Waals surface area contributed by atoms with E-state index in [1.165, 1.54) is 12.8 Å². The van der Waals surface area contributed by atoms with Gasteiger partial charge in [0.15, 0.2) is 0 Å². The molecule has 2 fully saturated rings. The van der Waals surface area contributed by atoms with Gasteiger partial charge in [-0.05, 0) is 30.1 Å². The molecule has 0 spiro atoms. The maximum Gasteiger partial charge on any atom is -0.0289 e. The second kappa shape index (κ2) is 1.53. The molecule has 2 aliphatic carbocycles. The Morgan fingerprint density at radius 1 is 1.44 bits per heavy atom. The molecule has 3 atom stereocenters. The Morgan fingerprint density at radius 2 is 2.22 bits per heavy atom. The molecule has 0 aromatic heterocycles. The van der Waals surface area contributed by atoms with E-state index in [9.17, 15) is 0 Å². The van der Waals surface area contributed by atoms with E-state index in [-0.39, 0.29) is 0 Å². The normalized spacial score (nSPS) is 54.0. The molecule has 0 heterocycles. The van der Waals surface area contributed by atoms with Crippen molar-refractivity contribution in [1.82, 2.24) is 0 Å². The average Bonchev–Trinajstić information content (AvgIpc) is 2.33. The molecule has 0 amide bonds. The summed E-state index contributed by atoms with van der Waals surface area (Å²) in [5, 5.41) is 0. The first-order chi connectivity index (χ1) is 4.26. The van der Waals surface area contributed by atoms with Crippen LogP contribution in [0.2, 0.25) is 0 Å². The highest BCUT2D eigenvalue weighted by atomic mass is 14.7. The molecule has 2 rings (SSSR count). The molecule has 2 saturated carbocycles. The zero-order valence-corrected chi connectivity index (χ0v) is 6.48. The largest absolute Gasteiger partial charge is 0.0654 e. The van der Waals surface area contributed by atoms with Gasteiger partial charge in [0, 0.05) is 0 Å². The third-order valence-corrected chi connectivity index (χ3v) is 3.38. The van der Waals surface area contributed by atoms with Crippen molar-refractivity contribution in [3.63, 3.8) is 0 Å². The van der Waals surface area contributed by atoms with Crippen LogP contribution in [0.5, 0.6) is 0 Å². The monoisotopic (exact) mass is 124 g/mol. The molecule has 3 unspecified atom stereocenters. The first-order valence-corrected chi connectivity index (χ1v) is 4.26. The summed E-state index contributed by atoms with van der Waals surface area (Å²) in [6.45, 7) is 4.75. The Labute approximate surface area is 57.6 Å². The van der Waals surface area contributed by atoms with E-state index >= 15 is 0 Å². The highest BCUT2D eigenvalue weighted by molar-refractivity contribution is 5.12. The molecular formula is C9H16. The van der Waals surface area contributed by atoms with Gasteiger partial charge in [-0.2, -0.15) is 0 Å². The van der Waals surface area contributed by atoms with Crippen LogP contribution in [0.15, 0.2) is 0 Å². The third kappa shape index (κ3) is 0.653. The lowest BCUT2D eigenvalue weighted by Gasteiger charge is -2.31. The van der Waals surface area contributed by atoms with Crippen LogP contribution in [-0.2, 0) is 0 Å². The molecular weight excluding hydrogens is 108 g/mol. The predicted molar refractivity (Wildman–Crippen MR) is 39.2 cm³/mol. The Balaban J connectivity index is 1.82. The van der Waals surface area contributed by atoms with Gasteiger partial charge in [0.05, 0.1) is 0 Å². The Kier molecular flexibility index (Phi) is 0.980. The molecule has 0 aliphatic heterocycles. The summed E-state index contributed by atoms with van der Waals surface area (Å²) >= 11 is 0. The fourth-order valence-corrected chi connectivity index (χ4v) is 2.67. The van der Waals surface area contributed by atoms with Crippen LogP contribution in [0.4, 0.5) is 0 Å². The Bertz CT molecular complexity index is 128. The van der Waals surface area contributed by atoms with Crippen molar-refractivity contribution in [2.45, 2.75) is 39.5 Å². The zero-order valence-electron chi connectivity index (χ0n) is 6.48. The fraction of sp³-hybridized carbons (Fsp3) is 1.00. The SMILES string of the molecule is CCCC1CC2(C)CC12. The van der Waals surface area contributed by atoms with Gasteiger partial charge < -0.3 is 0 Å². The lowest BCUT2D eigenvalue weighted by atomic mass is 9.74. The second-order valence-electron chi connectivity index (χ2n) is 4.22. The lowest BCUT2D eigenvalue weighted by molar-refractivity contribution is 0.184. The molecule has 9 heavy (non-hydrogen) atoms. The Morgan fingerprint density at radius 3 is 2.56 bits per heavy atom. The molecule has 2 aliphatic rings. The van der Waals surface area contributed by atoms with Crippen molar-refractivity contribution in [3.05, 3.63) is 0 Å². The molecule has 0 heteroatoms. The van der Waals surface area contributed by atoms with E-state index in [0.717, 1.165) is 17.3 Å². The second-order valence-corrected chi connectivity index (χ2v) is 4.22. The smallest absolute Gasteiger partial charge is 0.0289 e. The minimum Gasteiger partial charge on any atom is -0.0654 e. The van der Waals surface area contributed by atoms with Gasteiger partial charge in [0.25, 0.3) is 0 Å². The molecule has 0 radical (unpaired) electrons. The minimum absolute atomic E-state index is 0.861. The Hall–Kier alpha value is 0. The van der Waals surface area contributed by atoms with Crippen molar-refractivity contribution in [1.29, 1.82) is 0 Å². The fourth-order valence-electron chi connectivity index (χ4n) is 2.67. The quantitative estimate of drug-likeness (QED) is 0.531. The molecule has 0 aromatic rings. The van der Waals surface area contributed by atoms with Crippen LogP contribution in [0.3, 0.4) is 0 Å². The topological polar surface area (TPSA) is 0 Å². The molecule has 52 valence electrons. The number of hydrogen-bond donors (Lipinski definition) is 0. The zero-order chi connectivity index (χ0) is 6.48. The molecule has 0 nitrogen and oxygen atoms in total. The lowest BCUT2D eigenvalue weighted by Crippen LogP contribution is -2.22. The van der Waals surface area contributed by atoms with E-state index in [0.29, 0.717) is 0 Å². The summed E-state index contributed by atoms with van der Waals surface area (Å²) in [6, 6.07) is 0.